The predicted octanol–water partition coefficient (Wildman–Crippen LogP) is 3.86. The van der Waals surface area contributed by atoms with Crippen molar-refractivity contribution in [1.29, 1.82) is 0 Å². The van der Waals surface area contributed by atoms with Gasteiger partial charge in [-0.1, -0.05) is 13.8 Å². The normalized spacial score (nSPS) is 18.9. The van der Waals surface area contributed by atoms with Gasteiger partial charge in [0.15, 0.2) is 0 Å². The largest absolute Gasteiger partial charge is 0.478 e. The molecular weight excluding hydrogens is 270 g/mol. The van der Waals surface area contributed by atoms with Gasteiger partial charge >= 0.3 is 5.97 Å². The molecule has 1 aliphatic rings. The molecule has 4 heteroatoms. The monoisotopic (exact) mass is 293 g/mol. The Morgan fingerprint density at radius 1 is 1.50 bits per heavy atom. The molecule has 1 fully saturated rings. The molecule has 0 amide bonds. The van der Waals surface area contributed by atoms with Crippen molar-refractivity contribution >= 4 is 23.4 Å². The lowest BCUT2D eigenvalue weighted by atomic mass is 9.82. The van der Waals surface area contributed by atoms with E-state index in [0.29, 0.717) is 5.41 Å². The van der Waals surface area contributed by atoms with E-state index in [2.05, 4.69) is 24.8 Å². The van der Waals surface area contributed by atoms with Crippen LogP contribution in [0.5, 0.6) is 0 Å². The number of aliphatic carboxylic acids is 1. The summed E-state index contributed by atoms with van der Waals surface area (Å²) < 4.78 is 0. The lowest BCUT2D eigenvalue weighted by Gasteiger charge is -2.26. The van der Waals surface area contributed by atoms with E-state index < -0.39 is 5.97 Å². The summed E-state index contributed by atoms with van der Waals surface area (Å²) in [4.78, 5) is 14.4. The molecule has 0 aliphatic carbocycles. The molecule has 20 heavy (non-hydrogen) atoms. The lowest BCUT2D eigenvalue weighted by molar-refractivity contribution is -0.131. The Balaban J connectivity index is 1.93. The van der Waals surface area contributed by atoms with Crippen LogP contribution in [-0.4, -0.2) is 29.1 Å². The highest BCUT2D eigenvalue weighted by molar-refractivity contribution is 7.10. The smallest absolute Gasteiger partial charge is 0.328 e. The zero-order valence-electron chi connectivity index (χ0n) is 12.3. The fourth-order valence-electron chi connectivity index (χ4n) is 2.95. The van der Waals surface area contributed by atoms with Crippen molar-refractivity contribution in [2.24, 2.45) is 5.41 Å². The third kappa shape index (κ3) is 3.70. The van der Waals surface area contributed by atoms with Crippen molar-refractivity contribution in [2.75, 3.05) is 13.1 Å². The molecule has 1 saturated heterocycles. The minimum Gasteiger partial charge on any atom is -0.478 e. The van der Waals surface area contributed by atoms with Crippen LogP contribution in [0.2, 0.25) is 0 Å². The van der Waals surface area contributed by atoms with Crippen LogP contribution < -0.4 is 0 Å². The SMILES string of the molecule is CCC1(CC)CCN(Cc2cc(/C=C/C(=O)O)cs2)C1. The fourth-order valence-corrected chi connectivity index (χ4v) is 3.84. The maximum absolute atomic E-state index is 10.5. The first kappa shape index (κ1) is 15.3. The van der Waals surface area contributed by atoms with Crippen molar-refractivity contribution < 1.29 is 9.90 Å². The molecule has 0 radical (unpaired) electrons. The van der Waals surface area contributed by atoms with Crippen LogP contribution in [0.25, 0.3) is 6.08 Å². The molecule has 110 valence electrons. The number of hydrogen-bond donors (Lipinski definition) is 1. The van der Waals surface area contributed by atoms with Crippen LogP contribution in [0.1, 0.15) is 43.6 Å². The number of carbonyl (C=O) groups is 1. The van der Waals surface area contributed by atoms with Crippen molar-refractivity contribution in [3.8, 4) is 0 Å². The van der Waals surface area contributed by atoms with E-state index in [0.717, 1.165) is 12.1 Å². The zero-order valence-corrected chi connectivity index (χ0v) is 13.1. The van der Waals surface area contributed by atoms with E-state index in [-0.39, 0.29) is 0 Å². The van der Waals surface area contributed by atoms with E-state index in [9.17, 15) is 4.79 Å². The highest BCUT2D eigenvalue weighted by atomic mass is 32.1. The molecule has 1 aromatic heterocycles. The number of rotatable bonds is 6. The molecule has 0 atom stereocenters. The summed E-state index contributed by atoms with van der Waals surface area (Å²) in [6, 6.07) is 2.10. The van der Waals surface area contributed by atoms with Gasteiger partial charge in [-0.3, -0.25) is 4.90 Å². The number of thiophene rings is 1. The van der Waals surface area contributed by atoms with Crippen LogP contribution in [0.15, 0.2) is 17.5 Å². The van der Waals surface area contributed by atoms with Crippen LogP contribution in [0.3, 0.4) is 0 Å². The standard InChI is InChI=1S/C16H23NO2S/c1-3-16(4-2)7-8-17(12-16)10-14-9-13(11-20-14)5-6-15(18)19/h5-6,9,11H,3-4,7-8,10,12H2,1-2H3,(H,18,19)/b6-5+. The number of nitrogens with zero attached hydrogens (tertiary/aromatic N) is 1. The van der Waals surface area contributed by atoms with E-state index in [4.69, 9.17) is 5.11 Å². The molecule has 0 unspecified atom stereocenters. The van der Waals surface area contributed by atoms with Crippen LogP contribution in [0.4, 0.5) is 0 Å². The fraction of sp³-hybridized carbons (Fsp3) is 0.562. The van der Waals surface area contributed by atoms with Gasteiger partial charge in [0.1, 0.15) is 0 Å². The average Bonchev–Trinajstić information content (AvgIpc) is 3.04. The van der Waals surface area contributed by atoms with Gasteiger partial charge in [-0.15, -0.1) is 11.3 Å². The minimum absolute atomic E-state index is 0.517. The highest BCUT2D eigenvalue weighted by Crippen LogP contribution is 2.37. The summed E-state index contributed by atoms with van der Waals surface area (Å²) >= 11 is 1.72. The predicted molar refractivity (Wildman–Crippen MR) is 83.9 cm³/mol. The zero-order chi connectivity index (χ0) is 14.6. The van der Waals surface area contributed by atoms with Crippen LogP contribution in [0, 0.1) is 5.41 Å². The lowest BCUT2D eigenvalue weighted by Crippen LogP contribution is -2.25. The van der Waals surface area contributed by atoms with Gasteiger partial charge in [0.2, 0.25) is 0 Å². The summed E-state index contributed by atoms with van der Waals surface area (Å²) in [5.41, 5.74) is 1.51. The van der Waals surface area contributed by atoms with E-state index in [1.165, 1.54) is 43.3 Å². The molecule has 0 bridgehead atoms. The summed E-state index contributed by atoms with van der Waals surface area (Å²) in [6.07, 6.45) is 6.68. The molecule has 0 saturated carbocycles. The van der Waals surface area contributed by atoms with Crippen molar-refractivity contribution in [3.05, 3.63) is 28.0 Å². The molecule has 0 spiro atoms. The second kappa shape index (κ2) is 6.55. The molecule has 3 nitrogen and oxygen atoms in total. The van der Waals surface area contributed by atoms with Gasteiger partial charge in [-0.2, -0.15) is 0 Å². The minimum atomic E-state index is -0.895. The van der Waals surface area contributed by atoms with Gasteiger partial charge < -0.3 is 5.11 Å². The first-order chi connectivity index (χ1) is 9.57. The Hall–Kier alpha value is -1.13. The molecule has 2 rings (SSSR count). The van der Waals surface area contributed by atoms with Gasteiger partial charge in [0, 0.05) is 24.0 Å². The quantitative estimate of drug-likeness (QED) is 0.810. The molecule has 1 N–H and O–H groups in total. The summed E-state index contributed by atoms with van der Waals surface area (Å²) in [7, 11) is 0. The molecule has 0 aromatic carbocycles. The summed E-state index contributed by atoms with van der Waals surface area (Å²) in [5, 5.41) is 10.7. The van der Waals surface area contributed by atoms with Crippen LogP contribution >= 0.6 is 11.3 Å². The maximum atomic E-state index is 10.5. The number of hydrogen-bond acceptors (Lipinski definition) is 3. The van der Waals surface area contributed by atoms with Crippen molar-refractivity contribution in [2.45, 2.75) is 39.7 Å². The van der Waals surface area contributed by atoms with E-state index in [1.807, 2.05) is 5.38 Å². The number of carboxylic acid groups (broad SMARTS) is 1. The van der Waals surface area contributed by atoms with Crippen molar-refractivity contribution in [1.82, 2.24) is 4.90 Å². The number of likely N-dealkylation sites (tertiary alicyclic amines) is 1. The van der Waals surface area contributed by atoms with Crippen molar-refractivity contribution in [3.63, 3.8) is 0 Å². The molecular formula is C16H23NO2S. The number of carboxylic acids is 1. The van der Waals surface area contributed by atoms with Gasteiger partial charge in [0.25, 0.3) is 0 Å². The second-order valence-electron chi connectivity index (χ2n) is 5.69. The van der Waals surface area contributed by atoms with Gasteiger partial charge in [0.05, 0.1) is 0 Å². The first-order valence-electron chi connectivity index (χ1n) is 7.27. The topological polar surface area (TPSA) is 40.5 Å². The Labute approximate surface area is 124 Å². The first-order valence-corrected chi connectivity index (χ1v) is 8.15. The molecule has 2 heterocycles. The average molecular weight is 293 g/mol. The van der Waals surface area contributed by atoms with E-state index >= 15 is 0 Å². The third-order valence-corrected chi connectivity index (χ3v) is 5.43. The summed E-state index contributed by atoms with van der Waals surface area (Å²) in [6.45, 7) is 7.96. The molecule has 1 aliphatic heterocycles. The van der Waals surface area contributed by atoms with Gasteiger partial charge in [-0.05, 0) is 54.3 Å². The highest BCUT2D eigenvalue weighted by Gasteiger charge is 2.34. The Morgan fingerprint density at radius 3 is 2.85 bits per heavy atom. The second-order valence-corrected chi connectivity index (χ2v) is 6.68. The molecule has 1 aromatic rings. The Bertz CT molecular complexity index is 488. The van der Waals surface area contributed by atoms with Crippen LogP contribution in [-0.2, 0) is 11.3 Å². The van der Waals surface area contributed by atoms with Gasteiger partial charge in [-0.25, -0.2) is 4.79 Å². The Morgan fingerprint density at radius 2 is 2.25 bits per heavy atom. The Kier molecular flexibility index (Phi) is 5.00. The van der Waals surface area contributed by atoms with E-state index in [1.54, 1.807) is 17.4 Å². The third-order valence-electron chi connectivity index (χ3n) is 4.49. The maximum Gasteiger partial charge on any atom is 0.328 e. The summed E-state index contributed by atoms with van der Waals surface area (Å²) in [5.74, 6) is -0.895.